The first-order chi connectivity index (χ1) is 9.65. The highest BCUT2D eigenvalue weighted by Crippen LogP contribution is 2.28. The molecule has 1 aromatic rings. The van der Waals surface area contributed by atoms with Gasteiger partial charge in [0.1, 0.15) is 10.8 Å². The average molecular weight is 332 g/mol. The summed E-state index contributed by atoms with van der Waals surface area (Å²) >= 11 is 4.76. The minimum absolute atomic E-state index is 0.0391. The summed E-state index contributed by atoms with van der Waals surface area (Å²) in [5.41, 5.74) is 4.08. The van der Waals surface area contributed by atoms with Gasteiger partial charge in [0.25, 0.3) is 0 Å². The topological polar surface area (TPSA) is 83.6 Å². The summed E-state index contributed by atoms with van der Waals surface area (Å²) in [6.07, 6.45) is 1.05. The predicted octanol–water partition coefficient (Wildman–Crippen LogP) is 0.995. The quantitative estimate of drug-likeness (QED) is 0.807. The maximum atomic E-state index is 13.9. The molecule has 1 saturated heterocycles. The van der Waals surface area contributed by atoms with Crippen LogP contribution in [0.5, 0.6) is 0 Å². The molecule has 8 heteroatoms. The fourth-order valence-electron chi connectivity index (χ4n) is 2.48. The second kappa shape index (κ2) is 5.60. The van der Waals surface area contributed by atoms with Crippen LogP contribution in [0.2, 0.25) is 0 Å². The van der Waals surface area contributed by atoms with Crippen molar-refractivity contribution >= 4 is 27.2 Å². The van der Waals surface area contributed by atoms with Gasteiger partial charge in [-0.1, -0.05) is 18.3 Å². The van der Waals surface area contributed by atoms with E-state index in [1.807, 2.05) is 0 Å². The first kappa shape index (κ1) is 16.3. The molecule has 1 heterocycles. The van der Waals surface area contributed by atoms with Crippen LogP contribution in [0.4, 0.5) is 4.39 Å². The molecule has 1 atom stereocenters. The van der Waals surface area contributed by atoms with Gasteiger partial charge in [-0.25, -0.2) is 12.8 Å². The van der Waals surface area contributed by atoms with Crippen LogP contribution in [0.15, 0.2) is 23.1 Å². The van der Waals surface area contributed by atoms with E-state index in [-0.39, 0.29) is 28.5 Å². The van der Waals surface area contributed by atoms with Crippen LogP contribution in [0.1, 0.15) is 25.3 Å². The standard InChI is InChI=1S/C13H17FN2O3S2/c1-13(17)6-3-7-16(8-13)21(18,19)10-5-2-4-9(14)11(10)12(15)20/h2,4-5,17H,3,6-8H2,1H3,(H2,15,20). The first-order valence-electron chi connectivity index (χ1n) is 6.46. The van der Waals surface area contributed by atoms with Crippen molar-refractivity contribution in [2.45, 2.75) is 30.3 Å². The van der Waals surface area contributed by atoms with Gasteiger partial charge in [-0.15, -0.1) is 0 Å². The van der Waals surface area contributed by atoms with Crippen molar-refractivity contribution in [3.63, 3.8) is 0 Å². The molecule has 1 aromatic carbocycles. The number of sulfonamides is 1. The number of aliphatic hydroxyl groups is 1. The Bertz CT molecular complexity index is 674. The van der Waals surface area contributed by atoms with Crippen LogP contribution in [-0.2, 0) is 10.0 Å². The summed E-state index contributed by atoms with van der Waals surface area (Å²) in [6, 6.07) is 3.68. The maximum Gasteiger partial charge on any atom is 0.243 e. The second-order valence-electron chi connectivity index (χ2n) is 5.42. The smallest absolute Gasteiger partial charge is 0.243 e. The fourth-order valence-corrected chi connectivity index (χ4v) is 4.56. The number of β-amino-alcohol motifs (C(OH)–C–C–N with tert-alkyl or cyclic N) is 1. The summed E-state index contributed by atoms with van der Waals surface area (Å²) < 4.78 is 40.4. The van der Waals surface area contributed by atoms with Gasteiger partial charge in [-0.05, 0) is 31.9 Å². The van der Waals surface area contributed by atoms with Crippen molar-refractivity contribution in [1.29, 1.82) is 0 Å². The third-order valence-electron chi connectivity index (χ3n) is 3.48. The molecule has 0 aromatic heterocycles. The molecule has 3 N–H and O–H groups in total. The van der Waals surface area contributed by atoms with E-state index in [0.29, 0.717) is 12.8 Å². The molecule has 2 rings (SSSR count). The number of thiocarbonyl (C=S) groups is 1. The molecule has 1 unspecified atom stereocenters. The summed E-state index contributed by atoms with van der Waals surface area (Å²) in [5.74, 6) is -0.771. The molecule has 0 saturated carbocycles. The van der Waals surface area contributed by atoms with Gasteiger partial charge in [-0.3, -0.25) is 0 Å². The van der Waals surface area contributed by atoms with Gasteiger partial charge < -0.3 is 10.8 Å². The van der Waals surface area contributed by atoms with Gasteiger partial charge >= 0.3 is 0 Å². The zero-order valence-electron chi connectivity index (χ0n) is 11.5. The molecule has 0 bridgehead atoms. The number of nitrogens with two attached hydrogens (primary N) is 1. The minimum Gasteiger partial charge on any atom is -0.389 e. The lowest BCUT2D eigenvalue weighted by Crippen LogP contribution is -2.48. The highest BCUT2D eigenvalue weighted by atomic mass is 32.2. The summed E-state index contributed by atoms with van der Waals surface area (Å²) in [6.45, 7) is 1.81. The molecule has 1 fully saturated rings. The summed E-state index contributed by atoms with van der Waals surface area (Å²) in [4.78, 5) is -0.567. The number of rotatable bonds is 3. The predicted molar refractivity (Wildman–Crippen MR) is 80.9 cm³/mol. The Morgan fingerprint density at radius 2 is 2.19 bits per heavy atom. The van der Waals surface area contributed by atoms with Gasteiger partial charge in [-0.2, -0.15) is 4.31 Å². The van der Waals surface area contributed by atoms with Crippen molar-refractivity contribution in [1.82, 2.24) is 4.31 Å². The highest BCUT2D eigenvalue weighted by molar-refractivity contribution is 7.89. The van der Waals surface area contributed by atoms with E-state index >= 15 is 0 Å². The van der Waals surface area contributed by atoms with Crippen molar-refractivity contribution < 1.29 is 17.9 Å². The molecular formula is C13H17FN2O3S2. The van der Waals surface area contributed by atoms with Crippen LogP contribution >= 0.6 is 12.2 Å². The van der Waals surface area contributed by atoms with Crippen LogP contribution in [0, 0.1) is 5.82 Å². The number of piperidine rings is 1. The summed E-state index contributed by atoms with van der Waals surface area (Å²) in [7, 11) is -3.97. The maximum absolute atomic E-state index is 13.9. The lowest BCUT2D eigenvalue weighted by Gasteiger charge is -2.36. The van der Waals surface area contributed by atoms with E-state index in [2.05, 4.69) is 0 Å². The minimum atomic E-state index is -3.97. The van der Waals surface area contributed by atoms with Gasteiger partial charge in [0.15, 0.2) is 0 Å². The SMILES string of the molecule is CC1(O)CCCN(S(=O)(=O)c2cccc(F)c2C(N)=S)C1. The van der Waals surface area contributed by atoms with E-state index in [0.717, 1.165) is 10.4 Å². The molecule has 21 heavy (non-hydrogen) atoms. The van der Waals surface area contributed by atoms with Crippen molar-refractivity contribution in [2.24, 2.45) is 5.73 Å². The number of hydrogen-bond donors (Lipinski definition) is 2. The van der Waals surface area contributed by atoms with Gasteiger partial charge in [0, 0.05) is 13.1 Å². The lowest BCUT2D eigenvalue weighted by molar-refractivity contribution is 0.00939. The van der Waals surface area contributed by atoms with Crippen LogP contribution < -0.4 is 5.73 Å². The zero-order chi connectivity index (χ0) is 15.8. The van der Waals surface area contributed by atoms with Crippen molar-refractivity contribution in [2.75, 3.05) is 13.1 Å². The molecular weight excluding hydrogens is 315 g/mol. The van der Waals surface area contributed by atoms with Crippen molar-refractivity contribution in [3.8, 4) is 0 Å². The first-order valence-corrected chi connectivity index (χ1v) is 8.31. The molecule has 1 aliphatic heterocycles. The highest BCUT2D eigenvalue weighted by Gasteiger charge is 2.37. The van der Waals surface area contributed by atoms with E-state index in [1.165, 1.54) is 12.1 Å². The Kier molecular flexibility index (Phi) is 4.34. The van der Waals surface area contributed by atoms with E-state index in [1.54, 1.807) is 6.92 Å². The number of benzene rings is 1. The summed E-state index contributed by atoms with van der Waals surface area (Å²) in [5, 5.41) is 10.1. The largest absolute Gasteiger partial charge is 0.389 e. The molecule has 0 amide bonds. The van der Waals surface area contributed by atoms with Crippen LogP contribution in [0.25, 0.3) is 0 Å². The molecule has 1 aliphatic rings. The third-order valence-corrected chi connectivity index (χ3v) is 5.57. The Balaban J connectivity index is 2.50. The molecule has 116 valence electrons. The Hall–Kier alpha value is -1.09. The molecule has 0 spiro atoms. The lowest BCUT2D eigenvalue weighted by atomic mass is 9.97. The van der Waals surface area contributed by atoms with E-state index < -0.39 is 21.4 Å². The molecule has 5 nitrogen and oxygen atoms in total. The van der Waals surface area contributed by atoms with Crippen molar-refractivity contribution in [3.05, 3.63) is 29.6 Å². The second-order valence-corrected chi connectivity index (χ2v) is 7.76. The normalized spacial score (nSPS) is 24.0. The monoisotopic (exact) mass is 332 g/mol. The Labute approximate surface area is 128 Å². The van der Waals surface area contributed by atoms with Gasteiger partial charge in [0.2, 0.25) is 10.0 Å². The van der Waals surface area contributed by atoms with E-state index in [9.17, 15) is 17.9 Å². The average Bonchev–Trinajstić information content (AvgIpc) is 2.36. The number of hydrogen-bond acceptors (Lipinski definition) is 4. The number of halogens is 1. The van der Waals surface area contributed by atoms with Gasteiger partial charge in [0.05, 0.1) is 16.1 Å². The number of nitrogens with zero attached hydrogens (tertiary/aromatic N) is 1. The third kappa shape index (κ3) is 3.23. The molecule has 0 aliphatic carbocycles. The van der Waals surface area contributed by atoms with Crippen LogP contribution in [0.3, 0.4) is 0 Å². The van der Waals surface area contributed by atoms with Crippen LogP contribution in [-0.4, -0.2) is 41.5 Å². The van der Waals surface area contributed by atoms with E-state index in [4.69, 9.17) is 18.0 Å². The fraction of sp³-hybridized carbons (Fsp3) is 0.462. The molecule has 0 radical (unpaired) electrons. The Morgan fingerprint density at radius 1 is 1.52 bits per heavy atom. The zero-order valence-corrected chi connectivity index (χ0v) is 13.2. The Morgan fingerprint density at radius 3 is 2.76 bits per heavy atom.